The maximum atomic E-state index is 12.0. The third-order valence-corrected chi connectivity index (χ3v) is 3.90. The molecule has 92 valence electrons. The zero-order chi connectivity index (χ0) is 12.3. The first-order valence-corrected chi connectivity index (χ1v) is 7.37. The second-order valence-electron chi connectivity index (χ2n) is 3.54. The summed E-state index contributed by atoms with van der Waals surface area (Å²) >= 11 is 5.02. The molecule has 0 spiro atoms. The van der Waals surface area contributed by atoms with E-state index >= 15 is 0 Å². The number of halogens is 1. The smallest absolute Gasteiger partial charge is 0.173 e. The summed E-state index contributed by atoms with van der Waals surface area (Å²) < 4.78 is 11.7. The van der Waals surface area contributed by atoms with Gasteiger partial charge in [-0.3, -0.25) is 4.79 Å². The molecule has 0 fully saturated rings. The summed E-state index contributed by atoms with van der Waals surface area (Å²) in [5, 5.41) is 0. The monoisotopic (exact) mass is 316 g/mol. The molecule has 0 amide bonds. The lowest BCUT2D eigenvalue weighted by molar-refractivity contribution is 0.102. The number of rotatable bonds is 4. The normalized spacial score (nSPS) is 13.5. The van der Waals surface area contributed by atoms with E-state index in [1.54, 1.807) is 23.9 Å². The summed E-state index contributed by atoms with van der Waals surface area (Å²) in [4.78, 5) is 12.0. The van der Waals surface area contributed by atoms with Gasteiger partial charge in [-0.25, -0.2) is 0 Å². The van der Waals surface area contributed by atoms with Gasteiger partial charge < -0.3 is 9.47 Å². The average Bonchev–Trinajstić information content (AvgIpc) is 2.35. The Balaban J connectivity index is 2.25. The van der Waals surface area contributed by atoms with Gasteiger partial charge in [-0.15, -0.1) is 0 Å². The predicted octanol–water partition coefficient (Wildman–Crippen LogP) is 3.16. The van der Waals surface area contributed by atoms with Crippen LogP contribution < -0.4 is 9.47 Å². The third kappa shape index (κ3) is 2.96. The Kier molecular flexibility index (Phi) is 4.34. The molecule has 17 heavy (non-hydrogen) atoms. The van der Waals surface area contributed by atoms with Gasteiger partial charge in [0.25, 0.3) is 0 Å². The Labute approximate surface area is 113 Å². The molecule has 1 aromatic carbocycles. The summed E-state index contributed by atoms with van der Waals surface area (Å²) in [6.07, 6.45) is 0. The summed E-state index contributed by atoms with van der Waals surface area (Å²) in [5.74, 6) is 2.90. The summed E-state index contributed by atoms with van der Waals surface area (Å²) in [5.41, 5.74) is 0.662. The number of thioether (sulfide) groups is 1. The lowest BCUT2D eigenvalue weighted by Crippen LogP contribution is -2.16. The molecule has 0 aliphatic carbocycles. The van der Waals surface area contributed by atoms with Crippen LogP contribution in [0.15, 0.2) is 16.6 Å². The molecule has 0 radical (unpaired) electrons. The average molecular weight is 317 g/mol. The van der Waals surface area contributed by atoms with Crippen molar-refractivity contribution >= 4 is 33.5 Å². The molecule has 1 aromatic rings. The van der Waals surface area contributed by atoms with Crippen molar-refractivity contribution in [2.45, 2.75) is 6.92 Å². The zero-order valence-corrected chi connectivity index (χ0v) is 11.9. The highest BCUT2D eigenvalue weighted by Crippen LogP contribution is 2.35. The second-order valence-corrected chi connectivity index (χ2v) is 5.66. The molecule has 0 saturated heterocycles. The van der Waals surface area contributed by atoms with Crippen LogP contribution in [0.4, 0.5) is 0 Å². The Morgan fingerprint density at radius 3 is 2.65 bits per heavy atom. The van der Waals surface area contributed by atoms with Gasteiger partial charge in [0.2, 0.25) is 0 Å². The van der Waals surface area contributed by atoms with E-state index in [0.29, 0.717) is 36.0 Å². The standard InChI is InChI=1S/C12H13BrO3S/c1-2-17-7-10(14)8-5-11-12(6-9(8)13)16-4-3-15-11/h5-6H,2-4,7H2,1H3. The van der Waals surface area contributed by atoms with Gasteiger partial charge in [0.15, 0.2) is 17.3 Å². The third-order valence-electron chi connectivity index (χ3n) is 2.37. The molecular formula is C12H13BrO3S. The van der Waals surface area contributed by atoms with Gasteiger partial charge in [0, 0.05) is 10.0 Å². The van der Waals surface area contributed by atoms with E-state index in [-0.39, 0.29) is 5.78 Å². The predicted molar refractivity (Wildman–Crippen MR) is 72.5 cm³/mol. The van der Waals surface area contributed by atoms with Crippen LogP contribution in [0.1, 0.15) is 17.3 Å². The number of ketones is 1. The lowest BCUT2D eigenvalue weighted by Gasteiger charge is -2.19. The molecule has 0 saturated carbocycles. The first kappa shape index (κ1) is 12.8. The van der Waals surface area contributed by atoms with E-state index in [1.807, 2.05) is 6.92 Å². The van der Waals surface area contributed by atoms with E-state index in [9.17, 15) is 4.79 Å². The van der Waals surface area contributed by atoms with Gasteiger partial charge in [-0.1, -0.05) is 6.92 Å². The topological polar surface area (TPSA) is 35.5 Å². The van der Waals surface area contributed by atoms with Crippen molar-refractivity contribution in [2.75, 3.05) is 24.7 Å². The number of Topliss-reactive ketones (excluding diaryl/α,β-unsaturated/α-hetero) is 1. The maximum Gasteiger partial charge on any atom is 0.173 e. The number of ether oxygens (including phenoxy) is 2. The Bertz CT molecular complexity index is 434. The fourth-order valence-corrected chi connectivity index (χ4v) is 2.64. The highest BCUT2D eigenvalue weighted by molar-refractivity contribution is 9.10. The molecule has 0 bridgehead atoms. The first-order valence-electron chi connectivity index (χ1n) is 5.42. The summed E-state index contributed by atoms with van der Waals surface area (Å²) in [6.45, 7) is 3.13. The largest absolute Gasteiger partial charge is 0.486 e. The number of carbonyl (C=O) groups excluding carboxylic acids is 1. The number of hydrogen-bond donors (Lipinski definition) is 0. The van der Waals surface area contributed by atoms with Crippen LogP contribution >= 0.6 is 27.7 Å². The van der Waals surface area contributed by atoms with Crippen LogP contribution in [0.25, 0.3) is 0 Å². The van der Waals surface area contributed by atoms with Gasteiger partial charge in [-0.2, -0.15) is 11.8 Å². The molecule has 3 nitrogen and oxygen atoms in total. The molecule has 0 unspecified atom stereocenters. The van der Waals surface area contributed by atoms with E-state index < -0.39 is 0 Å². The maximum absolute atomic E-state index is 12.0. The molecule has 2 rings (SSSR count). The van der Waals surface area contributed by atoms with E-state index in [0.717, 1.165) is 10.2 Å². The van der Waals surface area contributed by atoms with Gasteiger partial charge in [-0.05, 0) is 33.8 Å². The molecule has 1 aliphatic heterocycles. The highest BCUT2D eigenvalue weighted by Gasteiger charge is 2.18. The van der Waals surface area contributed by atoms with Crippen molar-refractivity contribution < 1.29 is 14.3 Å². The number of carbonyl (C=O) groups is 1. The minimum absolute atomic E-state index is 0.112. The van der Waals surface area contributed by atoms with Crippen LogP contribution in [-0.2, 0) is 0 Å². The fourth-order valence-electron chi connectivity index (χ4n) is 1.55. The Morgan fingerprint density at radius 1 is 1.35 bits per heavy atom. The molecule has 0 atom stereocenters. The van der Waals surface area contributed by atoms with Gasteiger partial charge >= 0.3 is 0 Å². The number of benzene rings is 1. The summed E-state index contributed by atoms with van der Waals surface area (Å²) in [7, 11) is 0. The minimum Gasteiger partial charge on any atom is -0.486 e. The summed E-state index contributed by atoms with van der Waals surface area (Å²) in [6, 6.07) is 3.56. The van der Waals surface area contributed by atoms with Gasteiger partial charge in [0.1, 0.15) is 13.2 Å². The van der Waals surface area contributed by atoms with E-state index in [1.165, 1.54) is 0 Å². The zero-order valence-electron chi connectivity index (χ0n) is 9.49. The van der Waals surface area contributed by atoms with Crippen LogP contribution in [0.2, 0.25) is 0 Å². The SMILES string of the molecule is CCSCC(=O)c1cc2c(cc1Br)OCCO2. The van der Waals surface area contributed by atoms with Crippen molar-refractivity contribution in [2.24, 2.45) is 0 Å². The second kappa shape index (κ2) is 5.78. The van der Waals surface area contributed by atoms with Crippen LogP contribution in [0.5, 0.6) is 11.5 Å². The van der Waals surface area contributed by atoms with Crippen molar-refractivity contribution in [3.8, 4) is 11.5 Å². The van der Waals surface area contributed by atoms with E-state index in [2.05, 4.69) is 15.9 Å². The van der Waals surface area contributed by atoms with Crippen molar-refractivity contribution in [3.05, 3.63) is 22.2 Å². The van der Waals surface area contributed by atoms with Crippen molar-refractivity contribution in [1.82, 2.24) is 0 Å². The van der Waals surface area contributed by atoms with Crippen LogP contribution in [0, 0.1) is 0 Å². The molecule has 0 aromatic heterocycles. The Hall–Kier alpha value is -0.680. The number of fused-ring (bicyclic) bond motifs is 1. The van der Waals surface area contributed by atoms with Crippen molar-refractivity contribution in [3.63, 3.8) is 0 Å². The highest BCUT2D eigenvalue weighted by atomic mass is 79.9. The molecule has 0 N–H and O–H groups in total. The van der Waals surface area contributed by atoms with Crippen molar-refractivity contribution in [1.29, 1.82) is 0 Å². The van der Waals surface area contributed by atoms with Gasteiger partial charge in [0.05, 0.1) is 5.75 Å². The minimum atomic E-state index is 0.112. The quantitative estimate of drug-likeness (QED) is 0.799. The molecule has 1 aliphatic rings. The first-order chi connectivity index (χ1) is 8.22. The lowest BCUT2D eigenvalue weighted by atomic mass is 10.1. The van der Waals surface area contributed by atoms with Crippen LogP contribution in [-0.4, -0.2) is 30.5 Å². The van der Waals surface area contributed by atoms with Crippen LogP contribution in [0.3, 0.4) is 0 Å². The number of hydrogen-bond acceptors (Lipinski definition) is 4. The Morgan fingerprint density at radius 2 is 2.00 bits per heavy atom. The molecular weight excluding hydrogens is 304 g/mol. The molecule has 1 heterocycles. The van der Waals surface area contributed by atoms with E-state index in [4.69, 9.17) is 9.47 Å². The fraction of sp³-hybridized carbons (Fsp3) is 0.417. The molecule has 5 heteroatoms.